The summed E-state index contributed by atoms with van der Waals surface area (Å²) in [4.78, 5) is 19.8. The van der Waals surface area contributed by atoms with Crippen LogP contribution in [0, 0.1) is 5.41 Å². The zero-order valence-corrected chi connectivity index (χ0v) is 25.3. The van der Waals surface area contributed by atoms with Gasteiger partial charge in [0.05, 0.1) is 34.7 Å². The van der Waals surface area contributed by atoms with Crippen LogP contribution in [0.5, 0.6) is 0 Å². The van der Waals surface area contributed by atoms with E-state index >= 15 is 0 Å². The lowest BCUT2D eigenvalue weighted by Crippen LogP contribution is -2.36. The smallest absolute Gasteiger partial charge is 0.338 e. The number of carbonyl (C=O) groups excluding carboxylic acids is 1. The minimum atomic E-state index is -0.275. The predicted molar refractivity (Wildman–Crippen MR) is 161 cm³/mol. The van der Waals surface area contributed by atoms with Crippen molar-refractivity contribution in [1.82, 2.24) is 10.1 Å². The topological polar surface area (TPSA) is 77.7 Å². The van der Waals surface area contributed by atoms with Gasteiger partial charge in [0.15, 0.2) is 5.13 Å². The number of anilines is 1. The highest BCUT2D eigenvalue weighted by Crippen LogP contribution is 2.59. The molecule has 2 atom stereocenters. The highest BCUT2D eigenvalue weighted by molar-refractivity contribution is 7.22. The first-order chi connectivity index (χ1) is 20.1. The molecule has 1 spiro atoms. The number of thiazole rings is 1. The fraction of sp³-hybridized carbons (Fsp3) is 0.667. The van der Waals surface area contributed by atoms with Crippen LogP contribution in [-0.2, 0) is 16.1 Å². The van der Waals surface area contributed by atoms with Gasteiger partial charge in [0.1, 0.15) is 5.76 Å². The van der Waals surface area contributed by atoms with Gasteiger partial charge in [-0.2, -0.15) is 0 Å². The van der Waals surface area contributed by atoms with Crippen molar-refractivity contribution in [2.75, 3.05) is 18.1 Å². The van der Waals surface area contributed by atoms with Gasteiger partial charge in [-0.15, -0.1) is 0 Å². The molecule has 3 saturated carbocycles. The molecule has 8 heteroatoms. The molecule has 1 saturated heterocycles. The average Bonchev–Trinajstić information content (AvgIpc) is 3.83. The molecular weight excluding hydrogens is 534 g/mol. The van der Waals surface area contributed by atoms with Gasteiger partial charge in [-0.1, -0.05) is 23.4 Å². The van der Waals surface area contributed by atoms with E-state index in [4.69, 9.17) is 19.0 Å². The molecule has 7 nitrogen and oxygen atoms in total. The molecule has 4 aliphatic rings. The molecule has 0 bridgehead atoms. The lowest BCUT2D eigenvalue weighted by molar-refractivity contribution is 0.0526. The molecule has 41 heavy (non-hydrogen) atoms. The van der Waals surface area contributed by atoms with E-state index in [0.29, 0.717) is 48.1 Å². The van der Waals surface area contributed by atoms with Crippen LogP contribution < -0.4 is 4.90 Å². The Morgan fingerprint density at radius 2 is 1.85 bits per heavy atom. The third kappa shape index (κ3) is 5.54. The number of aromatic nitrogens is 2. The third-order valence-corrected chi connectivity index (χ3v) is 11.3. The Hall–Kier alpha value is -2.45. The first-order valence-corrected chi connectivity index (χ1v) is 16.8. The number of benzene rings is 1. The van der Waals surface area contributed by atoms with Crippen molar-refractivity contribution in [3.63, 3.8) is 0 Å². The van der Waals surface area contributed by atoms with E-state index in [1.807, 2.05) is 25.1 Å². The van der Waals surface area contributed by atoms with Crippen LogP contribution in [0.15, 0.2) is 22.7 Å². The normalized spacial score (nSPS) is 24.0. The molecule has 7 rings (SSSR count). The molecule has 0 amide bonds. The lowest BCUT2D eigenvalue weighted by atomic mass is 9.77. The monoisotopic (exact) mass is 577 g/mol. The number of rotatable bonds is 11. The maximum atomic E-state index is 12.3. The van der Waals surface area contributed by atoms with Gasteiger partial charge in [-0.25, -0.2) is 9.78 Å². The SMILES string of the molecule is CCOC(=O)c1ccc2nc(N3C(CC)CC[C@H]3CCOCc3c(C4CCC5(CC4)CC5)noc3C3CC3)sc2c1. The third-order valence-electron chi connectivity index (χ3n) is 10.2. The van der Waals surface area contributed by atoms with Crippen LogP contribution in [0.25, 0.3) is 10.2 Å². The number of carbonyl (C=O) groups is 1. The largest absolute Gasteiger partial charge is 0.462 e. The van der Waals surface area contributed by atoms with Gasteiger partial charge in [0.2, 0.25) is 0 Å². The molecule has 3 aromatic rings. The molecule has 1 unspecified atom stereocenters. The first kappa shape index (κ1) is 27.4. The first-order valence-electron chi connectivity index (χ1n) is 16.0. The second kappa shape index (κ2) is 11.3. The van der Waals surface area contributed by atoms with E-state index in [9.17, 15) is 4.79 Å². The average molecular weight is 578 g/mol. The van der Waals surface area contributed by atoms with Crippen LogP contribution in [0.4, 0.5) is 5.13 Å². The zero-order chi connectivity index (χ0) is 28.0. The van der Waals surface area contributed by atoms with Crippen molar-refractivity contribution in [3.8, 4) is 0 Å². The number of nitrogens with zero attached hydrogens (tertiary/aromatic N) is 3. The fourth-order valence-corrected chi connectivity index (χ4v) is 8.51. The Labute approximate surface area is 247 Å². The minimum absolute atomic E-state index is 0.275. The standard InChI is InChI=1S/C33H43N3O4S/c1-3-24-8-9-25(36(24)32-34-27-10-7-23(19-28(27)41-32)31(37)39-4-2)13-18-38-20-26-29(35-40-30(26)22-5-6-22)21-11-14-33(15-12-21)16-17-33/h7,10,19,21-22,24-25H,3-6,8-9,11-18,20H2,1-2H3/t24?,25-/m0/s1. The van der Waals surface area contributed by atoms with E-state index in [2.05, 4.69) is 17.0 Å². The van der Waals surface area contributed by atoms with Gasteiger partial charge in [0, 0.05) is 36.1 Å². The fourth-order valence-electron chi connectivity index (χ4n) is 7.36. The quantitative estimate of drug-likeness (QED) is 0.168. The van der Waals surface area contributed by atoms with Crippen molar-refractivity contribution < 1.29 is 18.8 Å². The summed E-state index contributed by atoms with van der Waals surface area (Å²) in [5.74, 6) is 1.92. The Kier molecular flexibility index (Phi) is 7.57. The summed E-state index contributed by atoms with van der Waals surface area (Å²) in [6.45, 7) is 5.82. The van der Waals surface area contributed by atoms with Gasteiger partial charge in [0.25, 0.3) is 0 Å². The van der Waals surface area contributed by atoms with Crippen LogP contribution in [-0.4, -0.2) is 41.4 Å². The second-order valence-corrected chi connectivity index (χ2v) is 13.9. The Morgan fingerprint density at radius 1 is 1.05 bits per heavy atom. The van der Waals surface area contributed by atoms with Crippen molar-refractivity contribution in [1.29, 1.82) is 0 Å². The van der Waals surface area contributed by atoms with Crippen molar-refractivity contribution in [2.45, 2.75) is 121 Å². The highest BCUT2D eigenvalue weighted by atomic mass is 32.1. The summed E-state index contributed by atoms with van der Waals surface area (Å²) in [7, 11) is 0. The van der Waals surface area contributed by atoms with Crippen LogP contribution >= 0.6 is 11.3 Å². The molecule has 2 aromatic heterocycles. The van der Waals surface area contributed by atoms with E-state index in [-0.39, 0.29) is 5.97 Å². The lowest BCUT2D eigenvalue weighted by Gasteiger charge is -2.29. The Morgan fingerprint density at radius 3 is 2.59 bits per heavy atom. The van der Waals surface area contributed by atoms with Gasteiger partial charge in [-0.3, -0.25) is 0 Å². The molecule has 3 aliphatic carbocycles. The maximum absolute atomic E-state index is 12.3. The summed E-state index contributed by atoms with van der Waals surface area (Å²) in [6.07, 6.45) is 14.9. The van der Waals surface area contributed by atoms with Gasteiger partial charge >= 0.3 is 5.97 Å². The van der Waals surface area contributed by atoms with Crippen LogP contribution in [0.1, 0.15) is 130 Å². The van der Waals surface area contributed by atoms with Crippen LogP contribution in [0.2, 0.25) is 0 Å². The Balaban J connectivity index is 1.01. The summed E-state index contributed by atoms with van der Waals surface area (Å²) in [5, 5.41) is 5.70. The van der Waals surface area contributed by atoms with Crippen molar-refractivity contribution >= 4 is 32.7 Å². The molecule has 220 valence electrons. The van der Waals surface area contributed by atoms with E-state index in [1.54, 1.807) is 11.3 Å². The number of hydrogen-bond acceptors (Lipinski definition) is 8. The number of esters is 1. The predicted octanol–water partition coefficient (Wildman–Crippen LogP) is 8.13. The van der Waals surface area contributed by atoms with E-state index in [0.717, 1.165) is 47.0 Å². The van der Waals surface area contributed by atoms with Gasteiger partial charge in [-0.05, 0) is 108 Å². The van der Waals surface area contributed by atoms with E-state index < -0.39 is 0 Å². The number of fused-ring (bicyclic) bond motifs is 1. The van der Waals surface area contributed by atoms with Crippen LogP contribution in [0.3, 0.4) is 0 Å². The minimum Gasteiger partial charge on any atom is -0.462 e. The summed E-state index contributed by atoms with van der Waals surface area (Å²) in [6, 6.07) is 6.58. The molecular formula is C33H43N3O4S. The molecule has 1 aromatic carbocycles. The molecule has 4 fully saturated rings. The van der Waals surface area contributed by atoms with Crippen molar-refractivity contribution in [2.24, 2.45) is 5.41 Å². The Bertz CT molecular complexity index is 1380. The summed E-state index contributed by atoms with van der Waals surface area (Å²) >= 11 is 1.68. The van der Waals surface area contributed by atoms with E-state index in [1.165, 1.54) is 69.0 Å². The molecule has 0 N–H and O–H groups in total. The summed E-state index contributed by atoms with van der Waals surface area (Å²) < 4.78 is 18.6. The molecule has 0 radical (unpaired) electrons. The molecule has 3 heterocycles. The molecule has 1 aliphatic heterocycles. The summed E-state index contributed by atoms with van der Waals surface area (Å²) in [5.41, 5.74) is 4.69. The second-order valence-electron chi connectivity index (χ2n) is 12.9. The maximum Gasteiger partial charge on any atom is 0.338 e. The zero-order valence-electron chi connectivity index (χ0n) is 24.5. The highest BCUT2D eigenvalue weighted by Gasteiger charge is 2.46. The van der Waals surface area contributed by atoms with Gasteiger partial charge < -0.3 is 18.9 Å². The van der Waals surface area contributed by atoms with Crippen molar-refractivity contribution in [3.05, 3.63) is 40.8 Å². The number of ether oxygens (including phenoxy) is 2. The number of hydrogen-bond donors (Lipinski definition) is 0.